The number of hydrogen-bond acceptors (Lipinski definition) is 2. The van der Waals surface area contributed by atoms with Gasteiger partial charge < -0.3 is 5.73 Å². The van der Waals surface area contributed by atoms with Crippen LogP contribution in [-0.4, -0.2) is 24.0 Å². The van der Waals surface area contributed by atoms with E-state index in [9.17, 15) is 0 Å². The zero-order valence-corrected chi connectivity index (χ0v) is 13.1. The molecule has 2 rings (SSSR count). The quantitative estimate of drug-likeness (QED) is 0.910. The maximum atomic E-state index is 6.11. The van der Waals surface area contributed by atoms with E-state index in [0.717, 1.165) is 12.1 Å². The first-order valence-electron chi connectivity index (χ1n) is 6.94. The Balaban J connectivity index is 2.28. The third-order valence-electron chi connectivity index (χ3n) is 4.32. The Morgan fingerprint density at radius 3 is 2.47 bits per heavy atom. The van der Waals surface area contributed by atoms with Gasteiger partial charge in [0.05, 0.1) is 0 Å². The Labute approximate surface area is 125 Å². The molecule has 106 valence electrons. The van der Waals surface area contributed by atoms with Crippen LogP contribution in [0.1, 0.15) is 38.3 Å². The van der Waals surface area contributed by atoms with Crippen molar-refractivity contribution in [3.05, 3.63) is 33.8 Å². The molecule has 2 N–H and O–H groups in total. The largest absolute Gasteiger partial charge is 0.329 e. The van der Waals surface area contributed by atoms with E-state index in [0.29, 0.717) is 28.5 Å². The Morgan fingerprint density at radius 1 is 1.26 bits per heavy atom. The van der Waals surface area contributed by atoms with Crippen molar-refractivity contribution in [2.75, 3.05) is 13.1 Å². The van der Waals surface area contributed by atoms with Gasteiger partial charge in [0.2, 0.25) is 0 Å². The van der Waals surface area contributed by atoms with Crippen molar-refractivity contribution in [3.63, 3.8) is 0 Å². The van der Waals surface area contributed by atoms with Crippen molar-refractivity contribution < 1.29 is 0 Å². The number of likely N-dealkylation sites (tertiary alicyclic amines) is 1. The fourth-order valence-corrected chi connectivity index (χ4v) is 3.58. The molecular formula is C15H22Cl2N2. The summed E-state index contributed by atoms with van der Waals surface area (Å²) in [6.45, 7) is 6.29. The molecule has 0 spiro atoms. The van der Waals surface area contributed by atoms with Crippen LogP contribution in [0.2, 0.25) is 10.0 Å². The van der Waals surface area contributed by atoms with Gasteiger partial charge in [-0.05, 0) is 56.0 Å². The van der Waals surface area contributed by atoms with Crippen LogP contribution >= 0.6 is 23.2 Å². The Morgan fingerprint density at radius 2 is 1.89 bits per heavy atom. The lowest BCUT2D eigenvalue weighted by Crippen LogP contribution is -2.46. The highest BCUT2D eigenvalue weighted by Crippen LogP contribution is 2.33. The number of piperidine rings is 1. The normalized spacial score (nSPS) is 26.4. The predicted octanol–water partition coefficient (Wildman–Crippen LogP) is 4.11. The van der Waals surface area contributed by atoms with E-state index >= 15 is 0 Å². The van der Waals surface area contributed by atoms with Crippen LogP contribution in [0.4, 0.5) is 0 Å². The number of nitrogens with two attached hydrogens (primary N) is 1. The number of hydrogen-bond donors (Lipinski definition) is 1. The molecule has 1 saturated heterocycles. The molecule has 1 aliphatic heterocycles. The van der Waals surface area contributed by atoms with Crippen molar-refractivity contribution in [3.8, 4) is 0 Å². The van der Waals surface area contributed by atoms with Gasteiger partial charge in [0.25, 0.3) is 0 Å². The molecule has 0 saturated carbocycles. The van der Waals surface area contributed by atoms with Crippen LogP contribution in [-0.2, 0) is 0 Å². The highest BCUT2D eigenvalue weighted by atomic mass is 35.5. The van der Waals surface area contributed by atoms with Gasteiger partial charge in [-0.25, -0.2) is 0 Å². The van der Waals surface area contributed by atoms with E-state index in [1.165, 1.54) is 12.8 Å². The number of nitrogens with zero attached hydrogens (tertiary/aromatic N) is 1. The lowest BCUT2D eigenvalue weighted by atomic mass is 9.89. The standard InChI is InChI=1S/C15H22Cl2N2/c1-10-4-3-5-19(11(10)2)15(9-18)12-6-13(16)8-14(17)7-12/h6-8,10-11,15H,3-5,9,18H2,1-2H3. The van der Waals surface area contributed by atoms with Crippen molar-refractivity contribution >= 4 is 23.2 Å². The molecule has 0 radical (unpaired) electrons. The maximum absolute atomic E-state index is 6.11. The zero-order chi connectivity index (χ0) is 14.0. The van der Waals surface area contributed by atoms with E-state index < -0.39 is 0 Å². The molecule has 0 bridgehead atoms. The van der Waals surface area contributed by atoms with Gasteiger partial charge in [-0.3, -0.25) is 4.90 Å². The van der Waals surface area contributed by atoms with Crippen LogP contribution < -0.4 is 5.73 Å². The van der Waals surface area contributed by atoms with Crippen molar-refractivity contribution in [1.29, 1.82) is 0 Å². The van der Waals surface area contributed by atoms with Crippen LogP contribution in [0.15, 0.2) is 18.2 Å². The summed E-state index contributed by atoms with van der Waals surface area (Å²) in [6.07, 6.45) is 2.53. The van der Waals surface area contributed by atoms with Crippen LogP contribution in [0.25, 0.3) is 0 Å². The van der Waals surface area contributed by atoms with Crippen molar-refractivity contribution in [1.82, 2.24) is 4.90 Å². The Hall–Kier alpha value is -0.280. The van der Waals surface area contributed by atoms with Crippen LogP contribution in [0.3, 0.4) is 0 Å². The molecule has 0 amide bonds. The van der Waals surface area contributed by atoms with E-state index in [2.05, 4.69) is 18.7 Å². The molecule has 0 aromatic heterocycles. The topological polar surface area (TPSA) is 29.3 Å². The molecular weight excluding hydrogens is 279 g/mol. The second kappa shape index (κ2) is 6.45. The van der Waals surface area contributed by atoms with Gasteiger partial charge in [0.15, 0.2) is 0 Å². The minimum atomic E-state index is 0.203. The van der Waals surface area contributed by atoms with Crippen LogP contribution in [0.5, 0.6) is 0 Å². The summed E-state index contributed by atoms with van der Waals surface area (Å²) >= 11 is 12.2. The first kappa shape index (κ1) is 15.1. The minimum absolute atomic E-state index is 0.203. The minimum Gasteiger partial charge on any atom is -0.329 e. The first-order chi connectivity index (χ1) is 9.02. The SMILES string of the molecule is CC1CCCN(C(CN)c2cc(Cl)cc(Cl)c2)C1C. The Bertz CT molecular complexity index is 416. The average molecular weight is 301 g/mol. The molecule has 1 aromatic rings. The smallest absolute Gasteiger partial charge is 0.0474 e. The van der Waals surface area contributed by atoms with Gasteiger partial charge in [-0.15, -0.1) is 0 Å². The van der Waals surface area contributed by atoms with Crippen LogP contribution in [0, 0.1) is 5.92 Å². The van der Waals surface area contributed by atoms with Gasteiger partial charge in [0, 0.05) is 28.7 Å². The van der Waals surface area contributed by atoms with E-state index in [1.54, 1.807) is 6.07 Å². The molecule has 1 fully saturated rings. The van der Waals surface area contributed by atoms with E-state index in [4.69, 9.17) is 28.9 Å². The third-order valence-corrected chi connectivity index (χ3v) is 4.75. The molecule has 19 heavy (non-hydrogen) atoms. The average Bonchev–Trinajstić information content (AvgIpc) is 2.34. The molecule has 1 aromatic carbocycles. The second-order valence-electron chi connectivity index (χ2n) is 5.55. The molecule has 3 atom stereocenters. The maximum Gasteiger partial charge on any atom is 0.0474 e. The highest BCUT2D eigenvalue weighted by molar-refractivity contribution is 6.34. The predicted molar refractivity (Wildman–Crippen MR) is 82.8 cm³/mol. The number of benzene rings is 1. The third kappa shape index (κ3) is 3.43. The number of halogens is 2. The van der Waals surface area contributed by atoms with Gasteiger partial charge in [0.1, 0.15) is 0 Å². The molecule has 2 nitrogen and oxygen atoms in total. The fourth-order valence-electron chi connectivity index (χ4n) is 3.04. The summed E-state index contributed by atoms with van der Waals surface area (Å²) in [6, 6.07) is 6.48. The number of rotatable bonds is 3. The van der Waals surface area contributed by atoms with E-state index in [1.807, 2.05) is 12.1 Å². The zero-order valence-electron chi connectivity index (χ0n) is 11.6. The summed E-state index contributed by atoms with van der Waals surface area (Å²) < 4.78 is 0. The highest BCUT2D eigenvalue weighted by Gasteiger charge is 2.30. The summed E-state index contributed by atoms with van der Waals surface area (Å²) in [5.74, 6) is 0.706. The summed E-state index contributed by atoms with van der Waals surface area (Å²) in [7, 11) is 0. The summed E-state index contributed by atoms with van der Waals surface area (Å²) in [5.41, 5.74) is 7.14. The lowest BCUT2D eigenvalue weighted by molar-refractivity contribution is 0.0710. The molecule has 1 aliphatic rings. The van der Waals surface area contributed by atoms with E-state index in [-0.39, 0.29) is 6.04 Å². The van der Waals surface area contributed by atoms with Gasteiger partial charge in [-0.1, -0.05) is 30.1 Å². The molecule has 3 unspecified atom stereocenters. The monoisotopic (exact) mass is 300 g/mol. The molecule has 4 heteroatoms. The summed E-state index contributed by atoms with van der Waals surface area (Å²) in [5, 5.41) is 1.36. The fraction of sp³-hybridized carbons (Fsp3) is 0.600. The molecule has 1 heterocycles. The van der Waals surface area contributed by atoms with Gasteiger partial charge in [-0.2, -0.15) is 0 Å². The second-order valence-corrected chi connectivity index (χ2v) is 6.43. The molecule has 0 aliphatic carbocycles. The first-order valence-corrected chi connectivity index (χ1v) is 7.70. The summed E-state index contributed by atoms with van der Waals surface area (Å²) in [4.78, 5) is 2.50. The Kier molecular flexibility index (Phi) is 5.13. The lowest BCUT2D eigenvalue weighted by Gasteiger charge is -2.42. The van der Waals surface area contributed by atoms with Gasteiger partial charge >= 0.3 is 0 Å². The van der Waals surface area contributed by atoms with Crippen molar-refractivity contribution in [2.24, 2.45) is 11.7 Å². The van der Waals surface area contributed by atoms with Crippen molar-refractivity contribution in [2.45, 2.75) is 38.8 Å².